The number of aliphatic hydroxyl groups excluding tert-OH is 1. The number of ether oxygens (including phenoxy) is 1. The van der Waals surface area contributed by atoms with Crippen molar-refractivity contribution in [2.24, 2.45) is 0 Å². The van der Waals surface area contributed by atoms with Gasteiger partial charge in [-0.25, -0.2) is 0 Å². The number of hydrogen-bond acceptors (Lipinski definition) is 2. The summed E-state index contributed by atoms with van der Waals surface area (Å²) in [6.07, 6.45) is 2.56. The molecule has 2 nitrogen and oxygen atoms in total. The van der Waals surface area contributed by atoms with E-state index in [-0.39, 0.29) is 7.43 Å². The third kappa shape index (κ3) is 5.92. The zero-order valence-electron chi connectivity index (χ0n) is 4.68. The Morgan fingerprint density at radius 1 is 1.12 bits per heavy atom. The summed E-state index contributed by atoms with van der Waals surface area (Å²) in [6.45, 7) is 2.00. The van der Waals surface area contributed by atoms with Gasteiger partial charge in [0, 0.05) is 20.3 Å². The Hall–Kier alpha value is -0.0800. The molecule has 0 aromatic carbocycles. The molecule has 1 N–H and O–H groups in total. The van der Waals surface area contributed by atoms with E-state index in [2.05, 4.69) is 0 Å². The van der Waals surface area contributed by atoms with Crippen molar-refractivity contribution in [3.63, 3.8) is 0 Å². The second-order valence-corrected chi connectivity index (χ2v) is 1.32. The summed E-state index contributed by atoms with van der Waals surface area (Å²) in [5, 5.41) is 7.00. The van der Waals surface area contributed by atoms with E-state index in [4.69, 9.17) is 9.84 Å². The fourth-order valence-electron chi connectivity index (χ4n) is 0.510. The highest BCUT2D eigenvalue weighted by Gasteiger charge is 1.94. The van der Waals surface area contributed by atoms with E-state index in [1.807, 2.05) is 0 Å². The molecule has 1 rings (SSSR count). The lowest BCUT2D eigenvalue weighted by Gasteiger charge is -1.76. The highest BCUT2D eigenvalue weighted by molar-refractivity contribution is 4.43. The van der Waals surface area contributed by atoms with Crippen LogP contribution in [0.5, 0.6) is 0 Å². The zero-order valence-corrected chi connectivity index (χ0v) is 4.68. The van der Waals surface area contributed by atoms with E-state index in [1.165, 1.54) is 12.8 Å². The molecule has 0 aliphatic carbocycles. The van der Waals surface area contributed by atoms with Crippen LogP contribution < -0.4 is 0 Å². The quantitative estimate of drug-likeness (QED) is 0.517. The molecule has 0 spiro atoms. The summed E-state index contributed by atoms with van der Waals surface area (Å²) >= 11 is 0. The summed E-state index contributed by atoms with van der Waals surface area (Å²) in [4.78, 5) is 0. The Morgan fingerprint density at radius 2 is 1.50 bits per heavy atom. The average molecular weight is 120 g/mol. The van der Waals surface area contributed by atoms with Crippen LogP contribution in [0.3, 0.4) is 0 Å². The van der Waals surface area contributed by atoms with Crippen LogP contribution in [0.1, 0.15) is 20.3 Å². The third-order valence-corrected chi connectivity index (χ3v) is 0.827. The van der Waals surface area contributed by atoms with Gasteiger partial charge in [-0.1, -0.05) is 7.43 Å². The molecule has 1 aliphatic rings. The first kappa shape index (κ1) is 10.8. The fraction of sp³-hybridized carbons (Fsp3) is 1.00. The Kier molecular flexibility index (Phi) is 13.6. The Morgan fingerprint density at radius 3 is 1.62 bits per heavy atom. The molecule has 1 saturated heterocycles. The fourth-order valence-corrected chi connectivity index (χ4v) is 0.510. The van der Waals surface area contributed by atoms with Crippen molar-refractivity contribution in [3.05, 3.63) is 0 Å². The molecule has 1 fully saturated rings. The van der Waals surface area contributed by atoms with Crippen molar-refractivity contribution in [2.75, 3.05) is 20.3 Å². The minimum absolute atomic E-state index is 0. The van der Waals surface area contributed by atoms with Gasteiger partial charge in [0.15, 0.2) is 0 Å². The second kappa shape index (κ2) is 10.0. The molecule has 0 radical (unpaired) electrons. The first-order valence-corrected chi connectivity index (χ1v) is 2.52. The molecule has 2 heteroatoms. The first-order chi connectivity index (χ1) is 3.50. The first-order valence-electron chi connectivity index (χ1n) is 2.52. The van der Waals surface area contributed by atoms with Gasteiger partial charge < -0.3 is 9.84 Å². The minimum atomic E-state index is 0. The predicted octanol–water partition coefficient (Wildman–Crippen LogP) is 1.04. The van der Waals surface area contributed by atoms with Crippen molar-refractivity contribution < 1.29 is 9.84 Å². The molecule has 0 bridgehead atoms. The van der Waals surface area contributed by atoms with Crippen LogP contribution in [0.15, 0.2) is 0 Å². The van der Waals surface area contributed by atoms with Gasteiger partial charge in [0.2, 0.25) is 0 Å². The van der Waals surface area contributed by atoms with Gasteiger partial charge in [-0.3, -0.25) is 0 Å². The van der Waals surface area contributed by atoms with Gasteiger partial charge in [0.25, 0.3) is 0 Å². The molecule has 0 atom stereocenters. The predicted molar refractivity (Wildman–Crippen MR) is 34.9 cm³/mol. The molecule has 1 heterocycles. The van der Waals surface area contributed by atoms with E-state index in [0.29, 0.717) is 0 Å². The summed E-state index contributed by atoms with van der Waals surface area (Å²) in [5.41, 5.74) is 0. The van der Waals surface area contributed by atoms with E-state index in [9.17, 15) is 0 Å². The van der Waals surface area contributed by atoms with Gasteiger partial charge in [0.05, 0.1) is 0 Å². The smallest absolute Gasteiger partial charge is 0.0466 e. The number of hydrogen-bond donors (Lipinski definition) is 1. The molecular weight excluding hydrogens is 104 g/mol. The molecule has 0 aromatic rings. The third-order valence-electron chi connectivity index (χ3n) is 0.827. The summed E-state index contributed by atoms with van der Waals surface area (Å²) < 4.78 is 4.94. The zero-order chi connectivity index (χ0) is 5.54. The lowest BCUT2D eigenvalue weighted by atomic mass is 10.4. The molecule has 0 aromatic heterocycles. The van der Waals surface area contributed by atoms with Crippen LogP contribution in [-0.4, -0.2) is 25.4 Å². The van der Waals surface area contributed by atoms with Crippen LogP contribution in [0.4, 0.5) is 0 Å². The minimum Gasteiger partial charge on any atom is -0.400 e. The average Bonchev–Trinajstić information content (AvgIpc) is 2.23. The second-order valence-electron chi connectivity index (χ2n) is 1.32. The maximum atomic E-state index is 7.00. The van der Waals surface area contributed by atoms with E-state index in [0.717, 1.165) is 20.3 Å². The van der Waals surface area contributed by atoms with Crippen molar-refractivity contribution >= 4 is 0 Å². The summed E-state index contributed by atoms with van der Waals surface area (Å²) in [7, 11) is 1.00. The molecule has 0 saturated carbocycles. The summed E-state index contributed by atoms with van der Waals surface area (Å²) in [5.74, 6) is 0. The number of aliphatic hydroxyl groups is 1. The maximum Gasteiger partial charge on any atom is 0.0466 e. The maximum absolute atomic E-state index is 7.00. The van der Waals surface area contributed by atoms with Crippen LogP contribution in [-0.2, 0) is 4.74 Å². The molecule has 0 unspecified atom stereocenters. The molecule has 1 aliphatic heterocycles. The van der Waals surface area contributed by atoms with Crippen LogP contribution in [0.2, 0.25) is 0 Å². The van der Waals surface area contributed by atoms with Crippen molar-refractivity contribution in [1.82, 2.24) is 0 Å². The van der Waals surface area contributed by atoms with Crippen LogP contribution in [0, 0.1) is 0 Å². The van der Waals surface area contributed by atoms with Crippen LogP contribution in [0.25, 0.3) is 0 Å². The Balaban J connectivity index is 0. The lowest BCUT2D eigenvalue weighted by molar-refractivity contribution is 0.198. The molecule has 8 heavy (non-hydrogen) atoms. The van der Waals surface area contributed by atoms with Crippen molar-refractivity contribution in [1.29, 1.82) is 0 Å². The molecule has 52 valence electrons. The van der Waals surface area contributed by atoms with Gasteiger partial charge in [0.1, 0.15) is 0 Å². The summed E-state index contributed by atoms with van der Waals surface area (Å²) in [6, 6.07) is 0. The normalized spacial score (nSPS) is 15.8. The van der Waals surface area contributed by atoms with Gasteiger partial charge in [-0.15, -0.1) is 0 Å². The molecular formula is C6H16O2. The highest BCUT2D eigenvalue weighted by Crippen LogP contribution is 1.98. The van der Waals surface area contributed by atoms with E-state index in [1.54, 1.807) is 0 Å². The molecule has 0 amide bonds. The SMILES string of the molecule is C.C1CCOC1.CO. The Bertz CT molecular complexity index is 18.1. The van der Waals surface area contributed by atoms with Gasteiger partial charge in [-0.2, -0.15) is 0 Å². The topological polar surface area (TPSA) is 29.5 Å². The van der Waals surface area contributed by atoms with Crippen LogP contribution >= 0.6 is 0 Å². The monoisotopic (exact) mass is 120 g/mol. The van der Waals surface area contributed by atoms with Crippen molar-refractivity contribution in [2.45, 2.75) is 20.3 Å². The standard InChI is InChI=1S/C4H8O.CH4O.CH4/c1-2-4-5-3-1;1-2;/h1-4H2;2H,1H3;1H4. The largest absolute Gasteiger partial charge is 0.400 e. The lowest BCUT2D eigenvalue weighted by Crippen LogP contribution is -1.74. The number of rotatable bonds is 0. The van der Waals surface area contributed by atoms with Gasteiger partial charge >= 0.3 is 0 Å². The van der Waals surface area contributed by atoms with E-state index >= 15 is 0 Å². The van der Waals surface area contributed by atoms with Gasteiger partial charge in [-0.05, 0) is 12.8 Å². The Labute approximate surface area is 51.5 Å². The van der Waals surface area contributed by atoms with E-state index < -0.39 is 0 Å². The van der Waals surface area contributed by atoms with Crippen molar-refractivity contribution in [3.8, 4) is 0 Å². The highest BCUT2D eigenvalue weighted by atomic mass is 16.5.